The van der Waals surface area contributed by atoms with Gasteiger partial charge in [-0.3, -0.25) is 10.1 Å². The SMILES string of the molecule is COc1ccc([N+](=O)[O-])c(NCCN(C)C2CCCC2)c1. The second kappa shape index (κ2) is 7.26. The molecule has 6 nitrogen and oxygen atoms in total. The third-order valence-electron chi connectivity index (χ3n) is 4.13. The zero-order chi connectivity index (χ0) is 15.2. The van der Waals surface area contributed by atoms with Gasteiger partial charge in [0.15, 0.2) is 0 Å². The van der Waals surface area contributed by atoms with Crippen LogP contribution < -0.4 is 10.1 Å². The predicted octanol–water partition coefficient (Wildman–Crippen LogP) is 2.89. The molecule has 1 aromatic carbocycles. The van der Waals surface area contributed by atoms with E-state index in [1.807, 2.05) is 0 Å². The summed E-state index contributed by atoms with van der Waals surface area (Å²) in [6.45, 7) is 1.56. The normalized spacial score (nSPS) is 15.4. The molecule has 1 aliphatic carbocycles. The fraction of sp³-hybridized carbons (Fsp3) is 0.600. The lowest BCUT2D eigenvalue weighted by molar-refractivity contribution is -0.384. The number of hydrogen-bond acceptors (Lipinski definition) is 5. The Hall–Kier alpha value is -1.82. The Morgan fingerprint density at radius 1 is 1.43 bits per heavy atom. The number of benzene rings is 1. The highest BCUT2D eigenvalue weighted by molar-refractivity contribution is 5.64. The fourth-order valence-corrected chi connectivity index (χ4v) is 2.84. The second-order valence-electron chi connectivity index (χ2n) is 5.49. The second-order valence-corrected chi connectivity index (χ2v) is 5.49. The first-order valence-corrected chi connectivity index (χ1v) is 7.38. The molecule has 0 atom stereocenters. The lowest BCUT2D eigenvalue weighted by Crippen LogP contribution is -2.33. The molecule has 1 aliphatic rings. The molecule has 1 saturated carbocycles. The first-order chi connectivity index (χ1) is 10.1. The number of hydrogen-bond donors (Lipinski definition) is 1. The summed E-state index contributed by atoms with van der Waals surface area (Å²) in [6.07, 6.45) is 5.14. The fourth-order valence-electron chi connectivity index (χ4n) is 2.84. The largest absolute Gasteiger partial charge is 0.497 e. The molecule has 1 aromatic rings. The van der Waals surface area contributed by atoms with Crippen LogP contribution in [0.5, 0.6) is 5.75 Å². The molecule has 2 rings (SSSR count). The molecule has 0 unspecified atom stereocenters. The molecule has 0 amide bonds. The van der Waals surface area contributed by atoms with E-state index in [0.717, 1.165) is 6.54 Å². The smallest absolute Gasteiger partial charge is 0.292 e. The number of ether oxygens (including phenoxy) is 1. The highest BCUT2D eigenvalue weighted by Gasteiger charge is 2.19. The zero-order valence-electron chi connectivity index (χ0n) is 12.7. The monoisotopic (exact) mass is 293 g/mol. The average molecular weight is 293 g/mol. The summed E-state index contributed by atoms with van der Waals surface area (Å²) in [4.78, 5) is 13.0. The van der Waals surface area contributed by atoms with Gasteiger partial charge in [0, 0.05) is 31.3 Å². The van der Waals surface area contributed by atoms with E-state index >= 15 is 0 Å². The lowest BCUT2D eigenvalue weighted by atomic mass is 10.2. The number of anilines is 1. The minimum Gasteiger partial charge on any atom is -0.497 e. The van der Waals surface area contributed by atoms with Crippen LogP contribution in [-0.4, -0.2) is 43.1 Å². The molecule has 0 saturated heterocycles. The Balaban J connectivity index is 1.93. The zero-order valence-corrected chi connectivity index (χ0v) is 12.7. The summed E-state index contributed by atoms with van der Waals surface area (Å²) in [5, 5.41) is 14.2. The van der Waals surface area contributed by atoms with E-state index in [9.17, 15) is 10.1 Å². The maximum atomic E-state index is 11.0. The van der Waals surface area contributed by atoms with Crippen LogP contribution >= 0.6 is 0 Å². The number of nitrogens with one attached hydrogen (secondary N) is 1. The van der Waals surface area contributed by atoms with Gasteiger partial charge in [0.1, 0.15) is 11.4 Å². The Bertz CT molecular complexity index is 487. The maximum Gasteiger partial charge on any atom is 0.292 e. The molecule has 21 heavy (non-hydrogen) atoms. The van der Waals surface area contributed by atoms with Crippen molar-refractivity contribution in [2.24, 2.45) is 0 Å². The van der Waals surface area contributed by atoms with Gasteiger partial charge in [-0.05, 0) is 26.0 Å². The molecule has 0 heterocycles. The Kier molecular flexibility index (Phi) is 5.38. The number of rotatable bonds is 7. The van der Waals surface area contributed by atoms with Gasteiger partial charge in [-0.1, -0.05) is 12.8 Å². The van der Waals surface area contributed by atoms with Crippen LogP contribution in [0, 0.1) is 10.1 Å². The minimum atomic E-state index is -0.373. The van der Waals surface area contributed by atoms with Crippen molar-refractivity contribution in [2.45, 2.75) is 31.7 Å². The van der Waals surface area contributed by atoms with Crippen LogP contribution in [0.2, 0.25) is 0 Å². The van der Waals surface area contributed by atoms with Crippen molar-refractivity contribution in [2.75, 3.05) is 32.6 Å². The Morgan fingerprint density at radius 2 is 2.14 bits per heavy atom. The summed E-state index contributed by atoms with van der Waals surface area (Å²) in [7, 11) is 3.68. The van der Waals surface area contributed by atoms with Crippen molar-refractivity contribution in [3.05, 3.63) is 28.3 Å². The van der Waals surface area contributed by atoms with Crippen LogP contribution in [-0.2, 0) is 0 Å². The molecule has 0 spiro atoms. The van der Waals surface area contributed by atoms with E-state index in [2.05, 4.69) is 17.3 Å². The minimum absolute atomic E-state index is 0.0827. The summed E-state index contributed by atoms with van der Waals surface area (Å²) in [6, 6.07) is 5.41. The molecular weight excluding hydrogens is 270 g/mol. The molecule has 1 fully saturated rings. The van der Waals surface area contributed by atoms with E-state index < -0.39 is 0 Å². The summed E-state index contributed by atoms with van der Waals surface area (Å²) < 4.78 is 5.13. The number of methoxy groups -OCH3 is 1. The van der Waals surface area contributed by atoms with E-state index in [-0.39, 0.29) is 10.6 Å². The van der Waals surface area contributed by atoms with Gasteiger partial charge < -0.3 is 15.0 Å². The third kappa shape index (κ3) is 4.07. The highest BCUT2D eigenvalue weighted by atomic mass is 16.6. The van der Waals surface area contributed by atoms with Gasteiger partial charge in [0.2, 0.25) is 0 Å². The van der Waals surface area contributed by atoms with Crippen molar-refractivity contribution in [1.29, 1.82) is 0 Å². The van der Waals surface area contributed by atoms with Gasteiger partial charge >= 0.3 is 0 Å². The van der Waals surface area contributed by atoms with Crippen LogP contribution in [0.1, 0.15) is 25.7 Å². The Morgan fingerprint density at radius 3 is 2.76 bits per heavy atom. The molecule has 0 aromatic heterocycles. The first-order valence-electron chi connectivity index (χ1n) is 7.38. The topological polar surface area (TPSA) is 67.6 Å². The van der Waals surface area contributed by atoms with Crippen LogP contribution in [0.4, 0.5) is 11.4 Å². The van der Waals surface area contributed by atoms with Crippen molar-refractivity contribution in [1.82, 2.24) is 4.90 Å². The number of nitro groups is 1. The van der Waals surface area contributed by atoms with E-state index in [0.29, 0.717) is 24.0 Å². The first kappa shape index (κ1) is 15.6. The van der Waals surface area contributed by atoms with Crippen molar-refractivity contribution >= 4 is 11.4 Å². The average Bonchev–Trinajstić information content (AvgIpc) is 3.01. The molecular formula is C15H23N3O3. The molecule has 116 valence electrons. The quantitative estimate of drug-likeness (QED) is 0.618. The number of likely N-dealkylation sites (N-methyl/N-ethyl adjacent to an activating group) is 1. The lowest BCUT2D eigenvalue weighted by Gasteiger charge is -2.24. The molecule has 6 heteroatoms. The molecule has 0 radical (unpaired) electrons. The molecule has 0 aliphatic heterocycles. The Labute approximate surface area is 125 Å². The number of nitrogens with zero attached hydrogens (tertiary/aromatic N) is 2. The number of nitro benzene ring substituents is 1. The van der Waals surface area contributed by atoms with Crippen molar-refractivity contribution < 1.29 is 9.66 Å². The standard InChI is InChI=1S/C15H23N3O3/c1-17(12-5-3-4-6-12)10-9-16-14-11-13(21-2)7-8-15(14)18(19)20/h7-8,11-12,16H,3-6,9-10H2,1-2H3. The van der Waals surface area contributed by atoms with Gasteiger partial charge in [0.05, 0.1) is 12.0 Å². The predicted molar refractivity (Wildman–Crippen MR) is 83.0 cm³/mol. The van der Waals surface area contributed by atoms with Gasteiger partial charge in [0.25, 0.3) is 5.69 Å². The molecule has 1 N–H and O–H groups in total. The highest BCUT2D eigenvalue weighted by Crippen LogP contribution is 2.28. The van der Waals surface area contributed by atoms with Gasteiger partial charge in [-0.15, -0.1) is 0 Å². The summed E-state index contributed by atoms with van der Waals surface area (Å²) >= 11 is 0. The van der Waals surface area contributed by atoms with Crippen molar-refractivity contribution in [3.8, 4) is 5.75 Å². The van der Waals surface area contributed by atoms with E-state index in [1.54, 1.807) is 19.2 Å². The molecule has 0 bridgehead atoms. The van der Waals surface area contributed by atoms with Crippen molar-refractivity contribution in [3.63, 3.8) is 0 Å². The summed E-state index contributed by atoms with van der Waals surface area (Å²) in [5.74, 6) is 0.618. The van der Waals surface area contributed by atoms with Gasteiger partial charge in [-0.25, -0.2) is 0 Å². The van der Waals surface area contributed by atoms with Gasteiger partial charge in [-0.2, -0.15) is 0 Å². The van der Waals surface area contributed by atoms with E-state index in [1.165, 1.54) is 31.7 Å². The summed E-state index contributed by atoms with van der Waals surface area (Å²) in [5.41, 5.74) is 0.596. The van der Waals surface area contributed by atoms with Crippen LogP contribution in [0.15, 0.2) is 18.2 Å². The maximum absolute atomic E-state index is 11.0. The van der Waals surface area contributed by atoms with Crippen LogP contribution in [0.3, 0.4) is 0 Å². The van der Waals surface area contributed by atoms with Crippen LogP contribution in [0.25, 0.3) is 0 Å². The van der Waals surface area contributed by atoms with E-state index in [4.69, 9.17) is 4.74 Å². The third-order valence-corrected chi connectivity index (χ3v) is 4.13.